The van der Waals surface area contributed by atoms with Crippen LogP contribution in [0.25, 0.3) is 11.1 Å². The van der Waals surface area contributed by atoms with Crippen LogP contribution >= 0.6 is 0 Å². The summed E-state index contributed by atoms with van der Waals surface area (Å²) in [6.45, 7) is 0. The molecule has 2 aromatic rings. The van der Waals surface area contributed by atoms with Crippen LogP contribution in [0, 0.1) is 5.82 Å². The molecule has 0 amide bonds. The molecule has 1 heterocycles. The lowest BCUT2D eigenvalue weighted by atomic mass is 10.1. The van der Waals surface area contributed by atoms with E-state index in [4.69, 9.17) is 0 Å². The lowest BCUT2D eigenvalue weighted by molar-refractivity contribution is 0.466. The quantitative estimate of drug-likeness (QED) is 0.880. The summed E-state index contributed by atoms with van der Waals surface area (Å²) >= 11 is 0. The first kappa shape index (κ1) is 11.3. The predicted molar refractivity (Wildman–Crippen MR) is 66.8 cm³/mol. The van der Waals surface area contributed by atoms with E-state index < -0.39 is 0 Å². The van der Waals surface area contributed by atoms with Gasteiger partial charge < -0.3 is 5.11 Å². The molecule has 0 radical (unpaired) electrons. The molecule has 1 fully saturated rings. The second-order valence-corrected chi connectivity index (χ2v) is 4.81. The van der Waals surface area contributed by atoms with E-state index >= 15 is 0 Å². The van der Waals surface area contributed by atoms with Crippen molar-refractivity contribution in [1.82, 2.24) is 9.78 Å². The Hall–Kier alpha value is -1.84. The molecule has 4 heteroatoms. The number of rotatable bonds is 2. The molecule has 0 aliphatic heterocycles. The van der Waals surface area contributed by atoms with Crippen molar-refractivity contribution in [3.63, 3.8) is 0 Å². The van der Waals surface area contributed by atoms with Crippen LogP contribution in [-0.4, -0.2) is 14.9 Å². The number of phenols is 1. The summed E-state index contributed by atoms with van der Waals surface area (Å²) in [4.78, 5) is 0. The van der Waals surface area contributed by atoms with Gasteiger partial charge in [-0.2, -0.15) is 5.10 Å². The fourth-order valence-electron chi connectivity index (χ4n) is 2.59. The van der Waals surface area contributed by atoms with E-state index in [2.05, 4.69) is 5.10 Å². The topological polar surface area (TPSA) is 38.1 Å². The Balaban J connectivity index is 1.94. The van der Waals surface area contributed by atoms with Crippen LogP contribution in [-0.2, 0) is 0 Å². The van der Waals surface area contributed by atoms with Gasteiger partial charge in [-0.15, -0.1) is 0 Å². The van der Waals surface area contributed by atoms with Gasteiger partial charge in [-0.1, -0.05) is 12.8 Å². The molecule has 1 N–H and O–H groups in total. The molecule has 0 unspecified atom stereocenters. The molecule has 0 bridgehead atoms. The first-order valence-electron chi connectivity index (χ1n) is 6.27. The maximum absolute atomic E-state index is 13.2. The van der Waals surface area contributed by atoms with E-state index in [1.165, 1.54) is 31.0 Å². The molecule has 1 saturated carbocycles. The Morgan fingerprint density at radius 1 is 1.28 bits per heavy atom. The number of nitrogens with zero attached hydrogens (tertiary/aromatic N) is 2. The molecular formula is C14H15FN2O. The number of aromatic hydroxyl groups is 1. The minimum atomic E-state index is -0.351. The largest absolute Gasteiger partial charge is 0.507 e. The van der Waals surface area contributed by atoms with Crippen molar-refractivity contribution in [2.45, 2.75) is 31.7 Å². The van der Waals surface area contributed by atoms with E-state index in [0.29, 0.717) is 11.6 Å². The van der Waals surface area contributed by atoms with Crippen LogP contribution in [0.5, 0.6) is 5.75 Å². The molecule has 1 aliphatic rings. The Labute approximate surface area is 105 Å². The molecule has 18 heavy (non-hydrogen) atoms. The van der Waals surface area contributed by atoms with Gasteiger partial charge in [0, 0.05) is 17.3 Å². The highest BCUT2D eigenvalue weighted by atomic mass is 19.1. The second-order valence-electron chi connectivity index (χ2n) is 4.81. The van der Waals surface area contributed by atoms with Crippen molar-refractivity contribution in [2.24, 2.45) is 0 Å². The van der Waals surface area contributed by atoms with Crippen molar-refractivity contribution in [2.75, 3.05) is 0 Å². The summed E-state index contributed by atoms with van der Waals surface area (Å²) in [5.41, 5.74) is 1.26. The monoisotopic (exact) mass is 246 g/mol. The zero-order valence-electron chi connectivity index (χ0n) is 10.0. The summed E-state index contributed by atoms with van der Waals surface area (Å²) in [7, 11) is 0. The van der Waals surface area contributed by atoms with Gasteiger partial charge in [-0.05, 0) is 31.0 Å². The summed E-state index contributed by atoms with van der Waals surface area (Å²) in [5, 5.41) is 14.1. The molecule has 1 aliphatic carbocycles. The SMILES string of the molecule is Oc1ccc(F)cc1-c1cnn(C2CCCC2)c1. The fourth-order valence-corrected chi connectivity index (χ4v) is 2.59. The maximum Gasteiger partial charge on any atom is 0.124 e. The second kappa shape index (κ2) is 4.44. The lowest BCUT2D eigenvalue weighted by Crippen LogP contribution is -2.04. The summed E-state index contributed by atoms with van der Waals surface area (Å²) in [5.74, 6) is -0.265. The maximum atomic E-state index is 13.2. The highest BCUT2D eigenvalue weighted by Gasteiger charge is 2.18. The average molecular weight is 246 g/mol. The third-order valence-corrected chi connectivity index (χ3v) is 3.57. The third-order valence-electron chi connectivity index (χ3n) is 3.57. The summed E-state index contributed by atoms with van der Waals surface area (Å²) in [6.07, 6.45) is 8.36. The molecule has 1 aromatic heterocycles. The summed E-state index contributed by atoms with van der Waals surface area (Å²) < 4.78 is 15.1. The van der Waals surface area contributed by atoms with Gasteiger partial charge in [0.25, 0.3) is 0 Å². The van der Waals surface area contributed by atoms with Crippen molar-refractivity contribution >= 4 is 0 Å². The van der Waals surface area contributed by atoms with Gasteiger partial charge in [0.1, 0.15) is 11.6 Å². The average Bonchev–Trinajstić information content (AvgIpc) is 3.00. The first-order valence-corrected chi connectivity index (χ1v) is 6.27. The minimum Gasteiger partial charge on any atom is -0.507 e. The van der Waals surface area contributed by atoms with Crippen LogP contribution < -0.4 is 0 Å². The lowest BCUT2D eigenvalue weighted by Gasteiger charge is -2.08. The smallest absolute Gasteiger partial charge is 0.124 e. The zero-order chi connectivity index (χ0) is 12.5. The standard InChI is InChI=1S/C14H15FN2O/c15-11-5-6-14(18)13(7-11)10-8-16-17(9-10)12-3-1-2-4-12/h5-9,12,18H,1-4H2. The Morgan fingerprint density at radius 3 is 2.83 bits per heavy atom. The zero-order valence-corrected chi connectivity index (χ0v) is 10.0. The van der Waals surface area contributed by atoms with E-state index in [9.17, 15) is 9.50 Å². The van der Waals surface area contributed by atoms with Gasteiger partial charge in [-0.3, -0.25) is 4.68 Å². The third kappa shape index (κ3) is 1.98. The fraction of sp³-hybridized carbons (Fsp3) is 0.357. The van der Waals surface area contributed by atoms with Crippen molar-refractivity contribution in [3.05, 3.63) is 36.4 Å². The van der Waals surface area contributed by atoms with Crippen LogP contribution in [0.1, 0.15) is 31.7 Å². The van der Waals surface area contributed by atoms with Crippen molar-refractivity contribution in [1.29, 1.82) is 0 Å². The van der Waals surface area contributed by atoms with Crippen LogP contribution in [0.3, 0.4) is 0 Å². The van der Waals surface area contributed by atoms with E-state index in [1.54, 1.807) is 6.20 Å². The van der Waals surface area contributed by atoms with Gasteiger partial charge in [0.2, 0.25) is 0 Å². The van der Waals surface area contributed by atoms with Crippen LogP contribution in [0.15, 0.2) is 30.6 Å². The van der Waals surface area contributed by atoms with Crippen molar-refractivity contribution < 1.29 is 9.50 Å². The Morgan fingerprint density at radius 2 is 2.06 bits per heavy atom. The number of halogens is 1. The Kier molecular flexibility index (Phi) is 2.78. The first-order chi connectivity index (χ1) is 8.74. The summed E-state index contributed by atoms with van der Waals surface area (Å²) in [6, 6.07) is 4.41. The van der Waals surface area contributed by atoms with Crippen molar-refractivity contribution in [3.8, 4) is 16.9 Å². The highest BCUT2D eigenvalue weighted by Crippen LogP contribution is 2.33. The van der Waals surface area contributed by atoms with Gasteiger partial charge in [0.05, 0.1) is 12.2 Å². The highest BCUT2D eigenvalue weighted by molar-refractivity contribution is 5.68. The molecule has 0 spiro atoms. The van der Waals surface area contributed by atoms with E-state index in [1.807, 2.05) is 10.9 Å². The van der Waals surface area contributed by atoms with E-state index in [-0.39, 0.29) is 11.6 Å². The molecule has 3 nitrogen and oxygen atoms in total. The molecular weight excluding hydrogens is 231 g/mol. The number of phenolic OH excluding ortho intramolecular Hbond substituents is 1. The number of hydrogen-bond acceptors (Lipinski definition) is 2. The predicted octanol–water partition coefficient (Wildman–Crippen LogP) is 3.51. The molecule has 1 aromatic carbocycles. The molecule has 0 atom stereocenters. The van der Waals surface area contributed by atoms with Gasteiger partial charge in [-0.25, -0.2) is 4.39 Å². The number of hydrogen-bond donors (Lipinski definition) is 1. The molecule has 94 valence electrons. The molecule has 0 saturated heterocycles. The van der Waals surface area contributed by atoms with Crippen LogP contribution in [0.4, 0.5) is 4.39 Å². The Bertz CT molecular complexity index is 559. The molecule has 3 rings (SSSR count). The van der Waals surface area contributed by atoms with E-state index in [0.717, 1.165) is 18.4 Å². The van der Waals surface area contributed by atoms with Gasteiger partial charge in [0.15, 0.2) is 0 Å². The number of benzene rings is 1. The van der Waals surface area contributed by atoms with Crippen LogP contribution in [0.2, 0.25) is 0 Å². The normalized spacial score (nSPS) is 16.3. The van der Waals surface area contributed by atoms with Gasteiger partial charge >= 0.3 is 0 Å². The number of aromatic nitrogens is 2. The minimum absolute atomic E-state index is 0.0855.